The topological polar surface area (TPSA) is 82.1 Å². The van der Waals surface area contributed by atoms with Gasteiger partial charge >= 0.3 is 5.69 Å². The molecule has 1 unspecified atom stereocenters. The van der Waals surface area contributed by atoms with E-state index in [4.69, 9.17) is 4.42 Å². The van der Waals surface area contributed by atoms with Crippen molar-refractivity contribution in [3.63, 3.8) is 0 Å². The molecule has 2 rings (SSSR count). The van der Waals surface area contributed by atoms with Crippen LogP contribution in [-0.2, 0) is 0 Å². The fourth-order valence-corrected chi connectivity index (χ4v) is 1.70. The molecule has 6 nitrogen and oxygen atoms in total. The minimum atomic E-state index is -1.34. The van der Waals surface area contributed by atoms with Crippen LogP contribution in [0, 0.1) is 21.7 Å². The Morgan fingerprint density at radius 3 is 2.75 bits per heavy atom. The van der Waals surface area contributed by atoms with E-state index in [1.165, 1.54) is 0 Å². The van der Waals surface area contributed by atoms with Crippen LogP contribution in [0.2, 0.25) is 0 Å². The summed E-state index contributed by atoms with van der Waals surface area (Å²) in [6.45, 7) is 1.85. The molecule has 2 aromatic rings. The highest BCUT2D eigenvalue weighted by molar-refractivity contribution is 9.09. The van der Waals surface area contributed by atoms with E-state index in [-0.39, 0.29) is 10.7 Å². The van der Waals surface area contributed by atoms with Gasteiger partial charge in [0.15, 0.2) is 0 Å². The first-order valence-corrected chi connectivity index (χ1v) is 6.47. The molecule has 0 radical (unpaired) electrons. The van der Waals surface area contributed by atoms with Gasteiger partial charge in [0.25, 0.3) is 5.89 Å². The maximum Gasteiger partial charge on any atom is 0.305 e. The van der Waals surface area contributed by atoms with Crippen molar-refractivity contribution in [3.8, 4) is 11.5 Å². The van der Waals surface area contributed by atoms with Crippen molar-refractivity contribution in [1.82, 2.24) is 10.2 Å². The lowest BCUT2D eigenvalue weighted by Gasteiger charge is -2.01. The van der Waals surface area contributed by atoms with E-state index in [0.717, 1.165) is 12.1 Å². The summed E-state index contributed by atoms with van der Waals surface area (Å²) in [6.07, 6.45) is 0.627. The number of nitrogens with zero attached hydrogens (tertiary/aromatic N) is 3. The summed E-state index contributed by atoms with van der Waals surface area (Å²) >= 11 is 3.25. The molecule has 0 saturated heterocycles. The van der Waals surface area contributed by atoms with Crippen LogP contribution in [0.5, 0.6) is 0 Å². The van der Waals surface area contributed by atoms with Crippen molar-refractivity contribution in [3.05, 3.63) is 39.8 Å². The number of alkyl halides is 1. The lowest BCUT2D eigenvalue weighted by Crippen LogP contribution is -1.97. The molecule has 0 aliphatic rings. The van der Waals surface area contributed by atoms with Gasteiger partial charge in [-0.2, -0.15) is 4.39 Å². The molecule has 0 N–H and O–H groups in total. The minimum Gasteiger partial charge on any atom is -0.419 e. The SMILES string of the molecule is CCC(Br)c1nnc(-c2c(F)ccc([N+](=O)[O-])c2F)o1. The monoisotopic (exact) mass is 347 g/mol. The number of rotatable bonds is 4. The van der Waals surface area contributed by atoms with Crippen LogP contribution < -0.4 is 0 Å². The molecule has 1 heterocycles. The standard InChI is InChI=1S/C11H8BrF2N3O3/c1-2-5(12)10-15-16-11(20-10)8-6(13)3-4-7(9(8)14)17(18)19/h3-5H,2H2,1H3. The van der Waals surface area contributed by atoms with Crippen LogP contribution in [0.4, 0.5) is 14.5 Å². The molecule has 106 valence electrons. The highest BCUT2D eigenvalue weighted by atomic mass is 79.9. The largest absolute Gasteiger partial charge is 0.419 e. The Morgan fingerprint density at radius 2 is 2.15 bits per heavy atom. The highest BCUT2D eigenvalue weighted by Gasteiger charge is 2.27. The van der Waals surface area contributed by atoms with Crippen LogP contribution in [0.15, 0.2) is 16.5 Å². The second-order valence-electron chi connectivity index (χ2n) is 3.83. The average molecular weight is 348 g/mol. The fourth-order valence-electron chi connectivity index (χ4n) is 1.52. The van der Waals surface area contributed by atoms with E-state index in [2.05, 4.69) is 26.1 Å². The number of hydrogen-bond acceptors (Lipinski definition) is 5. The van der Waals surface area contributed by atoms with Gasteiger partial charge in [0.1, 0.15) is 11.4 Å². The quantitative estimate of drug-likeness (QED) is 0.477. The fraction of sp³-hybridized carbons (Fsp3) is 0.273. The molecule has 0 fully saturated rings. The van der Waals surface area contributed by atoms with Gasteiger partial charge in [-0.3, -0.25) is 10.1 Å². The van der Waals surface area contributed by atoms with Gasteiger partial charge in [-0.15, -0.1) is 10.2 Å². The maximum atomic E-state index is 13.9. The molecule has 9 heteroatoms. The van der Waals surface area contributed by atoms with Gasteiger partial charge in [-0.25, -0.2) is 4.39 Å². The zero-order valence-corrected chi connectivity index (χ0v) is 11.7. The van der Waals surface area contributed by atoms with Crippen LogP contribution in [-0.4, -0.2) is 15.1 Å². The zero-order valence-electron chi connectivity index (χ0n) is 10.1. The molecule has 20 heavy (non-hydrogen) atoms. The van der Waals surface area contributed by atoms with Crippen molar-refractivity contribution in [1.29, 1.82) is 0 Å². The number of hydrogen-bond donors (Lipinski definition) is 0. The average Bonchev–Trinajstić information content (AvgIpc) is 2.87. The maximum absolute atomic E-state index is 13.9. The van der Waals surface area contributed by atoms with E-state index in [1.807, 2.05) is 6.92 Å². The second-order valence-corrected chi connectivity index (χ2v) is 4.94. The molecule has 0 bridgehead atoms. The molecule has 1 atom stereocenters. The van der Waals surface area contributed by atoms with Crippen molar-refractivity contribution in [2.45, 2.75) is 18.2 Å². The summed E-state index contributed by atoms with van der Waals surface area (Å²) in [6, 6.07) is 1.52. The van der Waals surface area contributed by atoms with Crippen LogP contribution in [0.25, 0.3) is 11.5 Å². The summed E-state index contributed by atoms with van der Waals surface area (Å²) < 4.78 is 32.8. The van der Waals surface area contributed by atoms with Gasteiger partial charge < -0.3 is 4.42 Å². The first-order valence-electron chi connectivity index (χ1n) is 5.56. The molecule has 1 aromatic carbocycles. The van der Waals surface area contributed by atoms with Gasteiger partial charge in [0, 0.05) is 6.07 Å². The first kappa shape index (κ1) is 14.5. The summed E-state index contributed by atoms with van der Waals surface area (Å²) in [5, 5.41) is 17.8. The number of nitro benzene ring substituents is 1. The molecule has 0 spiro atoms. The van der Waals surface area contributed by atoms with E-state index in [9.17, 15) is 18.9 Å². The molecule has 0 aliphatic heterocycles. The van der Waals surface area contributed by atoms with Gasteiger partial charge in [0.2, 0.25) is 11.7 Å². The summed E-state index contributed by atoms with van der Waals surface area (Å²) in [7, 11) is 0. The third kappa shape index (κ3) is 2.53. The summed E-state index contributed by atoms with van der Waals surface area (Å²) in [4.78, 5) is 9.44. The predicted molar refractivity (Wildman–Crippen MR) is 68.3 cm³/mol. The lowest BCUT2D eigenvalue weighted by molar-refractivity contribution is -0.387. The predicted octanol–water partition coefficient (Wildman–Crippen LogP) is 3.77. The minimum absolute atomic E-state index is 0.146. The highest BCUT2D eigenvalue weighted by Crippen LogP contribution is 2.33. The van der Waals surface area contributed by atoms with Crippen molar-refractivity contribution >= 4 is 21.6 Å². The summed E-state index contributed by atoms with van der Waals surface area (Å²) in [5.74, 6) is -2.64. The van der Waals surface area contributed by atoms with Gasteiger partial charge in [-0.05, 0) is 12.5 Å². The number of nitro groups is 1. The molecule has 0 saturated carbocycles. The van der Waals surface area contributed by atoms with E-state index >= 15 is 0 Å². The number of halogens is 3. The van der Waals surface area contributed by atoms with E-state index < -0.39 is 33.7 Å². The van der Waals surface area contributed by atoms with Crippen molar-refractivity contribution in [2.75, 3.05) is 0 Å². The Morgan fingerprint density at radius 1 is 1.45 bits per heavy atom. The third-order valence-electron chi connectivity index (χ3n) is 2.55. The smallest absolute Gasteiger partial charge is 0.305 e. The zero-order chi connectivity index (χ0) is 14.9. The van der Waals surface area contributed by atoms with Crippen molar-refractivity contribution < 1.29 is 18.1 Å². The molecular weight excluding hydrogens is 340 g/mol. The third-order valence-corrected chi connectivity index (χ3v) is 3.59. The Bertz CT molecular complexity index is 662. The van der Waals surface area contributed by atoms with Gasteiger partial charge in [-0.1, -0.05) is 22.9 Å². The van der Waals surface area contributed by atoms with Crippen LogP contribution in [0.1, 0.15) is 24.1 Å². The second kappa shape index (κ2) is 5.61. The Hall–Kier alpha value is -1.90. The summed E-state index contributed by atoms with van der Waals surface area (Å²) in [5.41, 5.74) is -1.55. The van der Waals surface area contributed by atoms with Crippen LogP contribution in [0.3, 0.4) is 0 Å². The van der Waals surface area contributed by atoms with Gasteiger partial charge in [0.05, 0.1) is 9.75 Å². The van der Waals surface area contributed by atoms with E-state index in [1.54, 1.807) is 0 Å². The lowest BCUT2D eigenvalue weighted by atomic mass is 10.1. The molecule has 0 amide bonds. The Balaban J connectivity index is 2.55. The molecule has 1 aromatic heterocycles. The van der Waals surface area contributed by atoms with Crippen LogP contribution >= 0.6 is 15.9 Å². The molecular formula is C11H8BrF2N3O3. The Kier molecular flexibility index (Phi) is 4.07. The normalized spacial score (nSPS) is 12.4. The number of aromatic nitrogens is 2. The first-order chi connectivity index (χ1) is 9.45. The molecule has 0 aliphatic carbocycles. The number of benzene rings is 1. The Labute approximate surface area is 120 Å². The van der Waals surface area contributed by atoms with Crippen molar-refractivity contribution in [2.24, 2.45) is 0 Å². The van der Waals surface area contributed by atoms with E-state index in [0.29, 0.717) is 6.42 Å².